The molecule has 23 heavy (non-hydrogen) atoms. The number of carbonyl (C=O) groups is 2. The van der Waals surface area contributed by atoms with Gasteiger partial charge >= 0.3 is 0 Å². The van der Waals surface area contributed by atoms with Gasteiger partial charge in [-0.25, -0.2) is 5.48 Å². The van der Waals surface area contributed by atoms with E-state index >= 15 is 0 Å². The fraction of sp³-hybridized carbons (Fsp3) is 0.375. The quantitative estimate of drug-likeness (QED) is 0.413. The molecule has 2 atom stereocenters. The summed E-state index contributed by atoms with van der Waals surface area (Å²) in [6.07, 6.45) is 0. The molecule has 1 aliphatic rings. The van der Waals surface area contributed by atoms with E-state index in [-0.39, 0.29) is 19.1 Å². The summed E-state index contributed by atoms with van der Waals surface area (Å²) >= 11 is 0. The van der Waals surface area contributed by atoms with Crippen LogP contribution in [-0.2, 0) is 9.53 Å². The second kappa shape index (κ2) is 8.17. The molecule has 0 saturated carbocycles. The van der Waals surface area contributed by atoms with Crippen LogP contribution in [0, 0.1) is 17.8 Å². The Hall–Kier alpha value is -2.56. The van der Waals surface area contributed by atoms with E-state index in [0.717, 1.165) is 0 Å². The van der Waals surface area contributed by atoms with Crippen molar-refractivity contribution in [3.05, 3.63) is 29.8 Å². The standard InChI is InChI=1S/C16H18N2O5/c1-2-3-8-23-12-6-4-11(5-7-12)15(19)17-14-10-22-9-13(14)16(20)18-21/h4-7,13-14,21H,8-10H2,1H3,(H,17,19)(H,18,20)/t13-,14+/m0/s1. The third kappa shape index (κ3) is 4.45. The predicted octanol–water partition coefficient (Wildman–Crippen LogP) is 0.339. The number of rotatable bonds is 5. The molecule has 1 saturated heterocycles. The summed E-state index contributed by atoms with van der Waals surface area (Å²) in [4.78, 5) is 23.7. The highest BCUT2D eigenvalue weighted by Crippen LogP contribution is 2.16. The Kier molecular flexibility index (Phi) is 5.97. The van der Waals surface area contributed by atoms with Crippen LogP contribution in [0.15, 0.2) is 24.3 Å². The molecule has 1 heterocycles. The monoisotopic (exact) mass is 318 g/mol. The summed E-state index contributed by atoms with van der Waals surface area (Å²) in [5.74, 6) is 4.61. The van der Waals surface area contributed by atoms with Gasteiger partial charge in [-0.3, -0.25) is 14.8 Å². The van der Waals surface area contributed by atoms with Crippen molar-refractivity contribution in [2.24, 2.45) is 5.92 Å². The predicted molar refractivity (Wildman–Crippen MR) is 80.9 cm³/mol. The van der Waals surface area contributed by atoms with Crippen LogP contribution in [0.3, 0.4) is 0 Å². The second-order valence-corrected chi connectivity index (χ2v) is 4.94. The number of hydrogen-bond donors (Lipinski definition) is 3. The van der Waals surface area contributed by atoms with Crippen molar-refractivity contribution in [2.75, 3.05) is 19.8 Å². The van der Waals surface area contributed by atoms with Crippen molar-refractivity contribution in [1.82, 2.24) is 10.8 Å². The normalized spacial score (nSPS) is 19.4. The largest absolute Gasteiger partial charge is 0.481 e. The minimum absolute atomic E-state index is 0.155. The molecule has 0 aromatic heterocycles. The lowest BCUT2D eigenvalue weighted by atomic mass is 10.0. The van der Waals surface area contributed by atoms with Crippen LogP contribution >= 0.6 is 0 Å². The van der Waals surface area contributed by atoms with Crippen molar-refractivity contribution in [2.45, 2.75) is 13.0 Å². The molecule has 2 rings (SSSR count). The van der Waals surface area contributed by atoms with Crippen LogP contribution in [0.2, 0.25) is 0 Å². The Morgan fingerprint density at radius 2 is 2.09 bits per heavy atom. The van der Waals surface area contributed by atoms with Crippen molar-refractivity contribution in [1.29, 1.82) is 0 Å². The smallest absolute Gasteiger partial charge is 0.251 e. The van der Waals surface area contributed by atoms with Gasteiger partial charge < -0.3 is 14.8 Å². The molecule has 0 radical (unpaired) electrons. The highest BCUT2D eigenvalue weighted by atomic mass is 16.5. The maximum absolute atomic E-state index is 12.2. The molecule has 0 aliphatic carbocycles. The number of carbonyl (C=O) groups excluding carboxylic acids is 2. The van der Waals surface area contributed by atoms with E-state index in [1.165, 1.54) is 0 Å². The molecular weight excluding hydrogens is 300 g/mol. The Labute approximate surface area is 133 Å². The number of nitrogens with one attached hydrogen (secondary N) is 2. The van der Waals surface area contributed by atoms with Gasteiger partial charge in [-0.1, -0.05) is 5.92 Å². The first-order chi connectivity index (χ1) is 11.2. The Morgan fingerprint density at radius 1 is 1.35 bits per heavy atom. The Morgan fingerprint density at radius 3 is 2.74 bits per heavy atom. The van der Waals surface area contributed by atoms with Gasteiger partial charge in [0.2, 0.25) is 0 Å². The van der Waals surface area contributed by atoms with Gasteiger partial charge in [0.1, 0.15) is 12.4 Å². The topological polar surface area (TPSA) is 96.9 Å². The third-order valence-electron chi connectivity index (χ3n) is 3.45. The van der Waals surface area contributed by atoms with Gasteiger partial charge in [-0.15, -0.1) is 5.92 Å². The summed E-state index contributed by atoms with van der Waals surface area (Å²) in [7, 11) is 0. The minimum atomic E-state index is -0.612. The van der Waals surface area contributed by atoms with E-state index in [4.69, 9.17) is 14.7 Å². The molecular formula is C16H18N2O5. The van der Waals surface area contributed by atoms with E-state index in [1.54, 1.807) is 36.7 Å². The molecule has 1 aromatic rings. The summed E-state index contributed by atoms with van der Waals surface area (Å²) < 4.78 is 10.6. The van der Waals surface area contributed by atoms with E-state index < -0.39 is 17.9 Å². The number of hydrogen-bond acceptors (Lipinski definition) is 5. The number of benzene rings is 1. The molecule has 7 heteroatoms. The van der Waals surface area contributed by atoms with Crippen LogP contribution in [0.25, 0.3) is 0 Å². The van der Waals surface area contributed by atoms with Crippen molar-refractivity contribution in [3.8, 4) is 17.6 Å². The van der Waals surface area contributed by atoms with E-state index in [2.05, 4.69) is 17.2 Å². The van der Waals surface area contributed by atoms with Crippen molar-refractivity contribution < 1.29 is 24.3 Å². The summed E-state index contributed by atoms with van der Waals surface area (Å²) in [5, 5.41) is 11.4. The lowest BCUT2D eigenvalue weighted by Crippen LogP contribution is -2.45. The zero-order chi connectivity index (χ0) is 16.7. The summed E-state index contributed by atoms with van der Waals surface area (Å²) in [6.45, 7) is 2.40. The molecule has 0 unspecified atom stereocenters. The molecule has 7 nitrogen and oxygen atoms in total. The van der Waals surface area contributed by atoms with E-state index in [0.29, 0.717) is 17.9 Å². The third-order valence-corrected chi connectivity index (χ3v) is 3.45. The van der Waals surface area contributed by atoms with Crippen LogP contribution in [-0.4, -0.2) is 42.9 Å². The molecule has 0 spiro atoms. The van der Waals surface area contributed by atoms with Crippen LogP contribution < -0.4 is 15.5 Å². The van der Waals surface area contributed by atoms with Gasteiger partial charge in [-0.2, -0.15) is 0 Å². The fourth-order valence-corrected chi connectivity index (χ4v) is 2.18. The Balaban J connectivity index is 1.94. The van der Waals surface area contributed by atoms with Crippen LogP contribution in [0.4, 0.5) is 0 Å². The second-order valence-electron chi connectivity index (χ2n) is 4.94. The summed E-state index contributed by atoms with van der Waals surface area (Å²) in [6, 6.07) is 6.12. The van der Waals surface area contributed by atoms with Gasteiger partial charge in [0.15, 0.2) is 0 Å². The van der Waals surface area contributed by atoms with Gasteiger partial charge in [-0.05, 0) is 31.2 Å². The number of ether oxygens (including phenoxy) is 2. The molecule has 1 fully saturated rings. The molecule has 2 amide bonds. The van der Waals surface area contributed by atoms with E-state index in [1.807, 2.05) is 0 Å². The molecule has 1 aliphatic heterocycles. The molecule has 122 valence electrons. The van der Waals surface area contributed by atoms with E-state index in [9.17, 15) is 9.59 Å². The van der Waals surface area contributed by atoms with Gasteiger partial charge in [0.05, 0.1) is 25.2 Å². The maximum atomic E-state index is 12.2. The number of hydroxylamine groups is 1. The molecule has 1 aromatic carbocycles. The highest BCUT2D eigenvalue weighted by Gasteiger charge is 2.35. The van der Waals surface area contributed by atoms with Crippen LogP contribution in [0.5, 0.6) is 5.75 Å². The first kappa shape index (κ1) is 16.8. The van der Waals surface area contributed by atoms with Crippen LogP contribution in [0.1, 0.15) is 17.3 Å². The van der Waals surface area contributed by atoms with Crippen molar-refractivity contribution in [3.63, 3.8) is 0 Å². The number of amides is 2. The van der Waals surface area contributed by atoms with Gasteiger partial charge in [0.25, 0.3) is 11.8 Å². The fourth-order valence-electron chi connectivity index (χ4n) is 2.18. The maximum Gasteiger partial charge on any atom is 0.251 e. The molecule has 0 bridgehead atoms. The summed E-state index contributed by atoms with van der Waals surface area (Å²) in [5.41, 5.74) is 2.02. The minimum Gasteiger partial charge on any atom is -0.481 e. The SMILES string of the molecule is CC#CCOc1ccc(C(=O)N[C@@H]2COC[C@@H]2C(=O)NO)cc1. The molecule has 3 N–H and O–H groups in total. The first-order valence-electron chi connectivity index (χ1n) is 7.10. The van der Waals surface area contributed by atoms with Crippen molar-refractivity contribution >= 4 is 11.8 Å². The lowest BCUT2D eigenvalue weighted by molar-refractivity contribution is -0.133. The zero-order valence-electron chi connectivity index (χ0n) is 12.7. The average Bonchev–Trinajstić information content (AvgIpc) is 3.03. The first-order valence-corrected chi connectivity index (χ1v) is 7.10. The van der Waals surface area contributed by atoms with Gasteiger partial charge in [0, 0.05) is 5.56 Å². The Bertz CT molecular complexity index is 618. The average molecular weight is 318 g/mol. The highest BCUT2D eigenvalue weighted by molar-refractivity contribution is 5.95. The lowest BCUT2D eigenvalue weighted by Gasteiger charge is -2.17. The zero-order valence-corrected chi connectivity index (χ0v) is 12.7.